The van der Waals surface area contributed by atoms with Gasteiger partial charge in [-0.05, 0) is 12.1 Å². The quantitative estimate of drug-likeness (QED) is 0.754. The van der Waals surface area contributed by atoms with Gasteiger partial charge in [-0.15, -0.1) is 0 Å². The smallest absolute Gasteiger partial charge is 0.323 e. The molecule has 4 heteroatoms. The van der Waals surface area contributed by atoms with Crippen molar-refractivity contribution < 1.29 is 15.0 Å². The highest BCUT2D eigenvalue weighted by Gasteiger charge is 2.07. The van der Waals surface area contributed by atoms with Crippen LogP contribution in [-0.2, 0) is 11.3 Å². The van der Waals surface area contributed by atoms with Gasteiger partial charge in [0.1, 0.15) is 12.3 Å². The van der Waals surface area contributed by atoms with Crippen molar-refractivity contribution >= 4 is 16.9 Å². The lowest BCUT2D eigenvalue weighted by Crippen LogP contribution is -2.07. The predicted molar refractivity (Wildman–Crippen MR) is 51.2 cm³/mol. The summed E-state index contributed by atoms with van der Waals surface area (Å²) < 4.78 is 1.51. The largest absolute Gasteiger partial charge is 0.506 e. The van der Waals surface area contributed by atoms with Gasteiger partial charge < -0.3 is 14.8 Å². The number of carbonyl (C=O) groups is 1. The molecule has 0 saturated carbocycles. The van der Waals surface area contributed by atoms with Gasteiger partial charge >= 0.3 is 5.97 Å². The molecule has 1 aromatic carbocycles. The van der Waals surface area contributed by atoms with Crippen LogP contribution in [0.5, 0.6) is 5.75 Å². The first-order chi connectivity index (χ1) is 6.68. The van der Waals surface area contributed by atoms with Crippen LogP contribution in [0, 0.1) is 0 Å². The molecule has 0 unspecified atom stereocenters. The van der Waals surface area contributed by atoms with Gasteiger partial charge in [0.2, 0.25) is 0 Å². The molecule has 14 heavy (non-hydrogen) atoms. The van der Waals surface area contributed by atoms with Gasteiger partial charge in [-0.1, -0.05) is 12.1 Å². The highest BCUT2D eigenvalue weighted by atomic mass is 16.4. The standard InChI is InChI=1S/C10H9NO3/c12-8-3-1-2-7-4-5-11(10(7)8)6-9(13)14/h1-5,12H,6H2,(H,13,14). The highest BCUT2D eigenvalue weighted by molar-refractivity contribution is 5.86. The van der Waals surface area contributed by atoms with E-state index < -0.39 is 5.97 Å². The minimum atomic E-state index is -0.925. The Hall–Kier alpha value is -1.97. The number of phenolic OH excluding ortho intramolecular Hbond substituents is 1. The molecule has 2 rings (SSSR count). The molecular formula is C10H9NO3. The molecule has 0 saturated heterocycles. The van der Waals surface area contributed by atoms with E-state index in [1.54, 1.807) is 24.4 Å². The van der Waals surface area contributed by atoms with E-state index in [0.717, 1.165) is 5.39 Å². The van der Waals surface area contributed by atoms with E-state index >= 15 is 0 Å². The molecule has 0 atom stereocenters. The lowest BCUT2D eigenvalue weighted by molar-refractivity contribution is -0.137. The maximum Gasteiger partial charge on any atom is 0.323 e. The van der Waals surface area contributed by atoms with Crippen molar-refractivity contribution in [2.75, 3.05) is 0 Å². The number of aromatic hydroxyl groups is 1. The number of fused-ring (bicyclic) bond motifs is 1. The normalized spacial score (nSPS) is 10.6. The van der Waals surface area contributed by atoms with Gasteiger partial charge in [0, 0.05) is 11.6 Å². The number of rotatable bonds is 2. The first kappa shape index (κ1) is 8.62. The molecule has 0 aliphatic rings. The lowest BCUT2D eigenvalue weighted by Gasteiger charge is -2.02. The van der Waals surface area contributed by atoms with Gasteiger partial charge in [0.15, 0.2) is 0 Å². The molecule has 0 aliphatic heterocycles. The van der Waals surface area contributed by atoms with Crippen molar-refractivity contribution in [1.29, 1.82) is 0 Å². The van der Waals surface area contributed by atoms with Gasteiger partial charge in [0.05, 0.1) is 5.52 Å². The topological polar surface area (TPSA) is 62.5 Å². The van der Waals surface area contributed by atoms with E-state index in [9.17, 15) is 9.90 Å². The Bertz CT molecular complexity index is 487. The Labute approximate surface area is 80.0 Å². The average molecular weight is 191 g/mol. The Kier molecular flexibility index (Phi) is 1.89. The van der Waals surface area contributed by atoms with Crippen LogP contribution < -0.4 is 0 Å². The zero-order valence-electron chi connectivity index (χ0n) is 7.34. The Morgan fingerprint density at radius 3 is 2.86 bits per heavy atom. The summed E-state index contributed by atoms with van der Waals surface area (Å²) in [5.41, 5.74) is 0.565. The van der Waals surface area contributed by atoms with E-state index in [1.807, 2.05) is 6.07 Å². The Balaban J connectivity index is 2.61. The van der Waals surface area contributed by atoms with Crippen LogP contribution in [0.4, 0.5) is 0 Å². The average Bonchev–Trinajstić information content (AvgIpc) is 2.49. The summed E-state index contributed by atoms with van der Waals surface area (Å²) in [4.78, 5) is 10.5. The second-order valence-corrected chi connectivity index (χ2v) is 3.05. The van der Waals surface area contributed by atoms with Crippen molar-refractivity contribution in [1.82, 2.24) is 4.57 Å². The van der Waals surface area contributed by atoms with Gasteiger partial charge in [-0.25, -0.2) is 0 Å². The molecule has 0 amide bonds. The van der Waals surface area contributed by atoms with Gasteiger partial charge in [-0.3, -0.25) is 4.79 Å². The van der Waals surface area contributed by atoms with E-state index in [2.05, 4.69) is 0 Å². The molecule has 2 N–H and O–H groups in total. The van der Waals surface area contributed by atoms with Crippen molar-refractivity contribution in [3.05, 3.63) is 30.5 Å². The van der Waals surface area contributed by atoms with Crippen molar-refractivity contribution in [3.63, 3.8) is 0 Å². The van der Waals surface area contributed by atoms with Gasteiger partial charge in [-0.2, -0.15) is 0 Å². The lowest BCUT2D eigenvalue weighted by atomic mass is 10.2. The molecule has 0 aliphatic carbocycles. The SMILES string of the molecule is O=C(O)Cn1ccc2cccc(O)c21. The zero-order chi connectivity index (χ0) is 10.1. The number of nitrogens with zero attached hydrogens (tertiary/aromatic N) is 1. The fourth-order valence-corrected chi connectivity index (χ4v) is 1.52. The summed E-state index contributed by atoms with van der Waals surface area (Å²) in [7, 11) is 0. The third-order valence-electron chi connectivity index (χ3n) is 2.07. The molecule has 1 heterocycles. The number of aromatic nitrogens is 1. The second kappa shape index (κ2) is 3.06. The molecule has 4 nitrogen and oxygen atoms in total. The maximum absolute atomic E-state index is 10.5. The number of aliphatic carboxylic acids is 1. The summed E-state index contributed by atoms with van der Waals surface area (Å²) in [5.74, 6) is -0.820. The van der Waals surface area contributed by atoms with Crippen LogP contribution in [0.25, 0.3) is 10.9 Å². The van der Waals surface area contributed by atoms with E-state index in [1.165, 1.54) is 4.57 Å². The Morgan fingerprint density at radius 2 is 2.14 bits per heavy atom. The number of hydrogen-bond donors (Lipinski definition) is 2. The highest BCUT2D eigenvalue weighted by Crippen LogP contribution is 2.24. The number of benzene rings is 1. The number of carboxylic acid groups (broad SMARTS) is 1. The van der Waals surface area contributed by atoms with Crippen LogP contribution in [0.3, 0.4) is 0 Å². The van der Waals surface area contributed by atoms with Crippen molar-refractivity contribution in [3.8, 4) is 5.75 Å². The molecule has 0 fully saturated rings. The first-order valence-corrected chi connectivity index (χ1v) is 4.17. The van der Waals surface area contributed by atoms with Gasteiger partial charge in [0.25, 0.3) is 0 Å². The number of hydrogen-bond acceptors (Lipinski definition) is 2. The van der Waals surface area contributed by atoms with Crippen LogP contribution in [-0.4, -0.2) is 20.7 Å². The molecular weight excluding hydrogens is 182 g/mol. The number of phenols is 1. The molecule has 72 valence electrons. The maximum atomic E-state index is 10.5. The number of carboxylic acids is 1. The zero-order valence-corrected chi connectivity index (χ0v) is 7.34. The molecule has 2 aromatic rings. The van der Waals surface area contributed by atoms with Crippen LogP contribution in [0.15, 0.2) is 30.5 Å². The summed E-state index contributed by atoms with van der Waals surface area (Å²) in [6.07, 6.45) is 1.65. The summed E-state index contributed by atoms with van der Waals surface area (Å²) in [5, 5.41) is 19.0. The van der Waals surface area contributed by atoms with Crippen LogP contribution in [0.1, 0.15) is 0 Å². The van der Waals surface area contributed by atoms with E-state index in [-0.39, 0.29) is 12.3 Å². The predicted octanol–water partition coefficient (Wildman–Crippen LogP) is 1.43. The van der Waals surface area contributed by atoms with Crippen LogP contribution in [0.2, 0.25) is 0 Å². The van der Waals surface area contributed by atoms with Crippen molar-refractivity contribution in [2.24, 2.45) is 0 Å². The first-order valence-electron chi connectivity index (χ1n) is 4.17. The Morgan fingerprint density at radius 1 is 1.36 bits per heavy atom. The molecule has 1 aromatic heterocycles. The molecule has 0 spiro atoms. The fourth-order valence-electron chi connectivity index (χ4n) is 1.52. The summed E-state index contributed by atoms with van der Waals surface area (Å²) in [6, 6.07) is 6.87. The molecule has 0 radical (unpaired) electrons. The second-order valence-electron chi connectivity index (χ2n) is 3.05. The summed E-state index contributed by atoms with van der Waals surface area (Å²) >= 11 is 0. The summed E-state index contributed by atoms with van der Waals surface area (Å²) in [6.45, 7) is -0.138. The van der Waals surface area contributed by atoms with Crippen LogP contribution >= 0.6 is 0 Å². The van der Waals surface area contributed by atoms with E-state index in [4.69, 9.17) is 5.11 Å². The minimum Gasteiger partial charge on any atom is -0.506 e. The third kappa shape index (κ3) is 1.31. The van der Waals surface area contributed by atoms with Crippen molar-refractivity contribution in [2.45, 2.75) is 6.54 Å². The third-order valence-corrected chi connectivity index (χ3v) is 2.07. The minimum absolute atomic E-state index is 0.105. The van der Waals surface area contributed by atoms with E-state index in [0.29, 0.717) is 5.52 Å². The number of para-hydroxylation sites is 1. The molecule has 0 bridgehead atoms. The fraction of sp³-hybridized carbons (Fsp3) is 0.100. The monoisotopic (exact) mass is 191 g/mol.